The Labute approximate surface area is 152 Å². The van der Waals surface area contributed by atoms with Crippen LogP contribution in [0.25, 0.3) is 0 Å². The Kier molecular flexibility index (Phi) is 4.83. The fourth-order valence-corrected chi connectivity index (χ4v) is 6.45. The molecule has 2 bridgehead atoms. The Morgan fingerprint density at radius 1 is 1.12 bits per heavy atom. The number of aromatic amines is 1. The van der Waals surface area contributed by atoms with Crippen molar-refractivity contribution in [1.82, 2.24) is 19.5 Å². The van der Waals surface area contributed by atoms with Crippen molar-refractivity contribution in [3.05, 3.63) is 18.0 Å². The normalized spacial score (nSPS) is 28.1. The van der Waals surface area contributed by atoms with Crippen molar-refractivity contribution in [2.75, 3.05) is 37.7 Å². The molecule has 0 spiro atoms. The van der Waals surface area contributed by atoms with Crippen molar-refractivity contribution >= 4 is 27.7 Å². The zero-order valence-electron chi connectivity index (χ0n) is 14.1. The number of carbonyl (C=O) groups excluding carboxylic acids is 1. The number of fused-ring (bicyclic) bond motifs is 2. The number of amides is 1. The molecule has 4 heterocycles. The van der Waals surface area contributed by atoms with Gasteiger partial charge in [0, 0.05) is 56.0 Å². The molecule has 2 unspecified atom stereocenters. The van der Waals surface area contributed by atoms with E-state index < -0.39 is 10.0 Å². The molecule has 0 aromatic carbocycles. The van der Waals surface area contributed by atoms with Crippen LogP contribution < -0.4 is 5.32 Å². The smallest absolute Gasteiger partial charge is 0.270 e. The van der Waals surface area contributed by atoms with Gasteiger partial charge >= 0.3 is 0 Å². The predicted octanol–water partition coefficient (Wildman–Crippen LogP) is 0.719. The topological polar surface area (TPSA) is 85.5 Å². The van der Waals surface area contributed by atoms with E-state index in [4.69, 9.17) is 0 Å². The first-order valence-electron chi connectivity index (χ1n) is 8.86. The monoisotopic (exact) mass is 384 g/mol. The van der Waals surface area contributed by atoms with Crippen LogP contribution in [-0.4, -0.2) is 78.3 Å². The summed E-state index contributed by atoms with van der Waals surface area (Å²) in [6.45, 7) is 2.47. The molecular weight excluding hydrogens is 360 g/mol. The minimum Gasteiger partial charge on any atom is -0.356 e. The molecule has 7 nitrogen and oxygen atoms in total. The largest absolute Gasteiger partial charge is 0.356 e. The van der Waals surface area contributed by atoms with E-state index in [9.17, 15) is 13.2 Å². The lowest BCUT2D eigenvalue weighted by atomic mass is 10.1. The van der Waals surface area contributed by atoms with Crippen LogP contribution in [-0.2, 0) is 10.0 Å². The van der Waals surface area contributed by atoms with Crippen LogP contribution >= 0.6 is 11.8 Å². The van der Waals surface area contributed by atoms with Crippen LogP contribution in [0.2, 0.25) is 0 Å². The summed E-state index contributed by atoms with van der Waals surface area (Å²) in [5.74, 6) is 1.53. The number of hydrogen-bond acceptors (Lipinski definition) is 5. The fraction of sp³-hybridized carbons (Fsp3) is 0.688. The van der Waals surface area contributed by atoms with Crippen LogP contribution in [0, 0.1) is 0 Å². The Balaban J connectivity index is 1.49. The van der Waals surface area contributed by atoms with Gasteiger partial charge in [0.15, 0.2) is 0 Å². The second-order valence-corrected chi connectivity index (χ2v) is 10.1. The van der Waals surface area contributed by atoms with E-state index in [-0.39, 0.29) is 10.8 Å². The predicted molar refractivity (Wildman–Crippen MR) is 97.3 cm³/mol. The van der Waals surface area contributed by atoms with Gasteiger partial charge < -0.3 is 15.2 Å². The molecule has 1 aromatic rings. The van der Waals surface area contributed by atoms with Gasteiger partial charge in [-0.05, 0) is 25.3 Å². The second kappa shape index (κ2) is 6.94. The van der Waals surface area contributed by atoms with Crippen molar-refractivity contribution in [1.29, 1.82) is 0 Å². The average Bonchev–Trinajstić information content (AvgIpc) is 3.22. The van der Waals surface area contributed by atoms with Crippen LogP contribution in [0.15, 0.2) is 17.2 Å². The molecule has 1 amide bonds. The number of likely N-dealkylation sites (tertiary alicyclic amines) is 1. The van der Waals surface area contributed by atoms with Crippen molar-refractivity contribution in [3.63, 3.8) is 0 Å². The highest BCUT2D eigenvalue weighted by Gasteiger charge is 2.33. The molecule has 1 aromatic heterocycles. The third-order valence-electron chi connectivity index (χ3n) is 5.31. The van der Waals surface area contributed by atoms with Crippen LogP contribution in [0.5, 0.6) is 0 Å². The van der Waals surface area contributed by atoms with Gasteiger partial charge in [-0.1, -0.05) is 0 Å². The first-order chi connectivity index (χ1) is 12.0. The molecule has 3 aliphatic heterocycles. The number of sulfonamides is 1. The van der Waals surface area contributed by atoms with Gasteiger partial charge in [-0.15, -0.1) is 0 Å². The highest BCUT2D eigenvalue weighted by Crippen LogP contribution is 2.24. The molecule has 2 N–H and O–H groups in total. The first kappa shape index (κ1) is 17.4. The van der Waals surface area contributed by atoms with E-state index in [0.29, 0.717) is 37.4 Å². The molecule has 4 rings (SSSR count). The molecule has 138 valence electrons. The number of carbonyl (C=O) groups is 1. The highest BCUT2D eigenvalue weighted by molar-refractivity contribution is 7.99. The quantitative estimate of drug-likeness (QED) is 0.802. The fourth-order valence-electron chi connectivity index (χ4n) is 3.88. The first-order valence-corrected chi connectivity index (χ1v) is 11.4. The third-order valence-corrected chi connectivity index (χ3v) is 8.12. The minimum absolute atomic E-state index is 0.106. The summed E-state index contributed by atoms with van der Waals surface area (Å²) in [6.07, 6.45) is 4.70. The second-order valence-electron chi connectivity index (χ2n) is 6.94. The zero-order valence-corrected chi connectivity index (χ0v) is 15.7. The van der Waals surface area contributed by atoms with Gasteiger partial charge in [-0.2, -0.15) is 16.1 Å². The van der Waals surface area contributed by atoms with E-state index in [1.54, 1.807) is 11.8 Å². The minimum atomic E-state index is -3.52. The van der Waals surface area contributed by atoms with E-state index in [1.165, 1.54) is 23.0 Å². The summed E-state index contributed by atoms with van der Waals surface area (Å²) in [6, 6.07) is 2.37. The number of nitrogens with zero attached hydrogens (tertiary/aromatic N) is 2. The van der Waals surface area contributed by atoms with Crippen LogP contribution in [0.4, 0.5) is 0 Å². The standard InChI is InChI=1S/C16H24N4O3S2/c21-16(19-4-3-12-1-2-13(11-19)18-12)15-9-14(10-17-15)25(22,23)20-5-7-24-8-6-20/h9-10,12-13,17-18H,1-8,11H2. The Morgan fingerprint density at radius 3 is 2.68 bits per heavy atom. The van der Waals surface area contributed by atoms with Crippen molar-refractivity contribution in [2.45, 2.75) is 36.2 Å². The molecule has 25 heavy (non-hydrogen) atoms. The molecule has 2 atom stereocenters. The van der Waals surface area contributed by atoms with E-state index in [2.05, 4.69) is 10.3 Å². The Bertz CT molecular complexity index is 742. The van der Waals surface area contributed by atoms with Gasteiger partial charge in [0.05, 0.1) is 0 Å². The Hall–Kier alpha value is -1.03. The summed E-state index contributed by atoms with van der Waals surface area (Å²) in [5.41, 5.74) is 0.364. The zero-order chi connectivity index (χ0) is 17.4. The van der Waals surface area contributed by atoms with Gasteiger partial charge in [0.1, 0.15) is 10.6 Å². The summed E-state index contributed by atoms with van der Waals surface area (Å²) < 4.78 is 27.0. The van der Waals surface area contributed by atoms with Crippen molar-refractivity contribution in [2.24, 2.45) is 0 Å². The van der Waals surface area contributed by atoms with E-state index in [1.807, 2.05) is 4.90 Å². The maximum absolute atomic E-state index is 12.8. The molecule has 3 fully saturated rings. The average molecular weight is 385 g/mol. The summed E-state index contributed by atoms with van der Waals surface area (Å²) in [5, 5.41) is 3.55. The van der Waals surface area contributed by atoms with Gasteiger partial charge in [0.25, 0.3) is 5.91 Å². The molecule has 0 saturated carbocycles. The third kappa shape index (κ3) is 3.47. The number of hydrogen-bond donors (Lipinski definition) is 2. The summed E-state index contributed by atoms with van der Waals surface area (Å²) in [7, 11) is -3.52. The van der Waals surface area contributed by atoms with Crippen molar-refractivity contribution < 1.29 is 13.2 Å². The number of H-pyrrole nitrogens is 1. The van der Waals surface area contributed by atoms with Crippen molar-refractivity contribution in [3.8, 4) is 0 Å². The van der Waals surface area contributed by atoms with E-state index >= 15 is 0 Å². The van der Waals surface area contributed by atoms with Crippen LogP contribution in [0.3, 0.4) is 0 Å². The van der Waals surface area contributed by atoms with Gasteiger partial charge in [-0.25, -0.2) is 8.42 Å². The Morgan fingerprint density at radius 2 is 1.88 bits per heavy atom. The highest BCUT2D eigenvalue weighted by atomic mass is 32.2. The number of nitrogens with one attached hydrogen (secondary N) is 2. The molecule has 0 aliphatic carbocycles. The molecule has 9 heteroatoms. The molecule has 3 saturated heterocycles. The number of thioether (sulfide) groups is 1. The lowest BCUT2D eigenvalue weighted by molar-refractivity contribution is 0.0743. The van der Waals surface area contributed by atoms with Gasteiger partial charge in [0.2, 0.25) is 10.0 Å². The number of rotatable bonds is 3. The SMILES string of the molecule is O=C(c1cc(S(=O)(=O)N2CCSCC2)c[nH]1)N1CCC2CCC(C1)N2. The molecule has 3 aliphatic rings. The maximum Gasteiger partial charge on any atom is 0.270 e. The number of aromatic nitrogens is 1. The summed E-state index contributed by atoms with van der Waals surface area (Å²) in [4.78, 5) is 17.7. The van der Waals surface area contributed by atoms with E-state index in [0.717, 1.165) is 30.9 Å². The lowest BCUT2D eigenvalue weighted by Gasteiger charge is -2.25. The molecule has 0 radical (unpaired) electrons. The maximum atomic E-state index is 12.8. The van der Waals surface area contributed by atoms with Gasteiger partial charge in [-0.3, -0.25) is 4.79 Å². The lowest BCUT2D eigenvalue weighted by Crippen LogP contribution is -2.39. The molecular formula is C16H24N4O3S2. The summed E-state index contributed by atoms with van der Waals surface area (Å²) >= 11 is 1.77. The van der Waals surface area contributed by atoms with Crippen LogP contribution in [0.1, 0.15) is 29.8 Å².